The van der Waals surface area contributed by atoms with Crippen LogP contribution in [0.1, 0.15) is 21.6 Å². The second-order valence-electron chi connectivity index (χ2n) is 4.83. The van der Waals surface area contributed by atoms with Gasteiger partial charge < -0.3 is 11.1 Å². The SMILES string of the molecule is C=CCNc1nc2cc(C)c(C)cc2nc1C(=O)NC(N)=O. The van der Waals surface area contributed by atoms with E-state index in [1.54, 1.807) is 6.08 Å². The molecule has 4 N–H and O–H groups in total. The Labute approximate surface area is 127 Å². The zero-order chi connectivity index (χ0) is 16.3. The zero-order valence-electron chi connectivity index (χ0n) is 12.4. The van der Waals surface area contributed by atoms with Gasteiger partial charge in [-0.3, -0.25) is 10.1 Å². The molecule has 0 radical (unpaired) electrons. The molecule has 0 aliphatic carbocycles. The van der Waals surface area contributed by atoms with Crippen molar-refractivity contribution in [3.8, 4) is 0 Å². The first-order valence-corrected chi connectivity index (χ1v) is 6.67. The molecular formula is C15H17N5O2. The minimum absolute atomic E-state index is 0.0106. The van der Waals surface area contributed by atoms with E-state index in [0.29, 0.717) is 17.6 Å². The number of aromatic nitrogens is 2. The van der Waals surface area contributed by atoms with E-state index >= 15 is 0 Å². The Balaban J connectivity index is 2.59. The maximum atomic E-state index is 12.1. The number of nitrogens with zero attached hydrogens (tertiary/aromatic N) is 2. The fraction of sp³-hybridized carbons (Fsp3) is 0.200. The lowest BCUT2D eigenvalue weighted by molar-refractivity contribution is 0.0962. The van der Waals surface area contributed by atoms with Gasteiger partial charge in [0.2, 0.25) is 0 Å². The van der Waals surface area contributed by atoms with Crippen LogP contribution >= 0.6 is 0 Å². The van der Waals surface area contributed by atoms with Gasteiger partial charge in [-0.05, 0) is 37.1 Å². The van der Waals surface area contributed by atoms with Crippen LogP contribution in [0.5, 0.6) is 0 Å². The second kappa shape index (κ2) is 6.21. The van der Waals surface area contributed by atoms with Gasteiger partial charge in [0.25, 0.3) is 5.91 Å². The van der Waals surface area contributed by atoms with E-state index in [0.717, 1.165) is 11.1 Å². The molecule has 0 atom stereocenters. The number of aryl methyl sites for hydroxylation is 2. The topological polar surface area (TPSA) is 110 Å². The molecule has 1 aromatic carbocycles. The number of carbonyl (C=O) groups excluding carboxylic acids is 2. The maximum Gasteiger partial charge on any atom is 0.319 e. The van der Waals surface area contributed by atoms with Crippen LogP contribution in [0, 0.1) is 13.8 Å². The highest BCUT2D eigenvalue weighted by atomic mass is 16.2. The number of fused-ring (bicyclic) bond motifs is 1. The van der Waals surface area contributed by atoms with Crippen LogP contribution in [-0.4, -0.2) is 28.5 Å². The summed E-state index contributed by atoms with van der Waals surface area (Å²) in [6.07, 6.45) is 1.63. The number of imide groups is 1. The third-order valence-electron chi connectivity index (χ3n) is 3.15. The number of primary amides is 1. The Bertz CT molecular complexity index is 770. The smallest absolute Gasteiger partial charge is 0.319 e. The van der Waals surface area contributed by atoms with Crippen LogP contribution < -0.4 is 16.4 Å². The summed E-state index contributed by atoms with van der Waals surface area (Å²) in [5, 5.41) is 4.94. The third-order valence-corrected chi connectivity index (χ3v) is 3.15. The minimum atomic E-state index is -0.943. The third kappa shape index (κ3) is 3.20. The minimum Gasteiger partial charge on any atom is -0.365 e. The van der Waals surface area contributed by atoms with Gasteiger partial charge in [0.15, 0.2) is 11.5 Å². The molecule has 0 saturated carbocycles. The van der Waals surface area contributed by atoms with Crippen molar-refractivity contribution in [1.82, 2.24) is 15.3 Å². The molecule has 0 saturated heterocycles. The normalized spacial score (nSPS) is 10.3. The summed E-state index contributed by atoms with van der Waals surface area (Å²) < 4.78 is 0. The molecule has 0 bridgehead atoms. The summed E-state index contributed by atoms with van der Waals surface area (Å²) in [5.41, 5.74) is 8.33. The first kappa shape index (κ1) is 15.4. The average Bonchev–Trinajstić information content (AvgIpc) is 2.45. The summed E-state index contributed by atoms with van der Waals surface area (Å²) in [7, 11) is 0. The summed E-state index contributed by atoms with van der Waals surface area (Å²) in [4.78, 5) is 31.6. The van der Waals surface area contributed by atoms with Gasteiger partial charge in [-0.1, -0.05) is 6.08 Å². The molecule has 0 spiro atoms. The Morgan fingerprint density at radius 1 is 1.23 bits per heavy atom. The van der Waals surface area contributed by atoms with Gasteiger partial charge in [-0.2, -0.15) is 0 Å². The van der Waals surface area contributed by atoms with Crippen molar-refractivity contribution in [1.29, 1.82) is 0 Å². The Morgan fingerprint density at radius 2 is 1.82 bits per heavy atom. The fourth-order valence-electron chi connectivity index (χ4n) is 1.93. The van der Waals surface area contributed by atoms with Crippen LogP contribution in [-0.2, 0) is 0 Å². The van der Waals surface area contributed by atoms with Crippen LogP contribution in [0.2, 0.25) is 0 Å². The number of nitrogens with two attached hydrogens (primary N) is 1. The highest BCUT2D eigenvalue weighted by Gasteiger charge is 2.18. The number of hydrogen-bond acceptors (Lipinski definition) is 5. The number of nitrogens with one attached hydrogen (secondary N) is 2. The van der Waals surface area contributed by atoms with E-state index in [4.69, 9.17) is 5.73 Å². The lowest BCUT2D eigenvalue weighted by atomic mass is 10.1. The van der Waals surface area contributed by atoms with Crippen LogP contribution in [0.3, 0.4) is 0 Å². The lowest BCUT2D eigenvalue weighted by Gasteiger charge is -2.11. The average molecular weight is 299 g/mol. The number of hydrogen-bond donors (Lipinski definition) is 3. The molecule has 3 amide bonds. The van der Waals surface area contributed by atoms with Gasteiger partial charge >= 0.3 is 6.03 Å². The van der Waals surface area contributed by atoms with Crippen molar-refractivity contribution in [2.45, 2.75) is 13.8 Å². The van der Waals surface area contributed by atoms with Crippen molar-refractivity contribution in [3.63, 3.8) is 0 Å². The van der Waals surface area contributed by atoms with E-state index in [9.17, 15) is 9.59 Å². The number of benzene rings is 1. The summed E-state index contributed by atoms with van der Waals surface area (Å²) in [6.45, 7) is 7.93. The molecule has 0 aliphatic rings. The maximum absolute atomic E-state index is 12.1. The van der Waals surface area contributed by atoms with Gasteiger partial charge in [0, 0.05) is 6.54 Å². The fourth-order valence-corrected chi connectivity index (χ4v) is 1.93. The largest absolute Gasteiger partial charge is 0.365 e. The van der Waals surface area contributed by atoms with Crippen LogP contribution in [0.4, 0.5) is 10.6 Å². The van der Waals surface area contributed by atoms with Gasteiger partial charge in [-0.15, -0.1) is 6.58 Å². The second-order valence-corrected chi connectivity index (χ2v) is 4.83. The number of carbonyl (C=O) groups is 2. The molecule has 2 rings (SSSR count). The van der Waals surface area contributed by atoms with E-state index in [1.165, 1.54) is 0 Å². The molecule has 0 aliphatic heterocycles. The number of urea groups is 1. The van der Waals surface area contributed by atoms with E-state index in [-0.39, 0.29) is 11.5 Å². The van der Waals surface area contributed by atoms with Crippen molar-refractivity contribution in [3.05, 3.63) is 41.6 Å². The van der Waals surface area contributed by atoms with Gasteiger partial charge in [-0.25, -0.2) is 14.8 Å². The molecule has 7 heteroatoms. The highest BCUT2D eigenvalue weighted by Crippen LogP contribution is 2.20. The quantitative estimate of drug-likeness (QED) is 0.744. The van der Waals surface area contributed by atoms with Gasteiger partial charge in [0.1, 0.15) is 0 Å². The molecule has 0 fully saturated rings. The van der Waals surface area contributed by atoms with Gasteiger partial charge in [0.05, 0.1) is 11.0 Å². The van der Waals surface area contributed by atoms with E-state index < -0.39 is 11.9 Å². The molecule has 114 valence electrons. The Hall–Kier alpha value is -2.96. The predicted octanol–water partition coefficient (Wildman–Crippen LogP) is 1.65. The van der Waals surface area contributed by atoms with Crippen molar-refractivity contribution < 1.29 is 9.59 Å². The Morgan fingerprint density at radius 3 is 2.36 bits per heavy atom. The van der Waals surface area contributed by atoms with Crippen molar-refractivity contribution in [2.75, 3.05) is 11.9 Å². The molecule has 0 unspecified atom stereocenters. The van der Waals surface area contributed by atoms with Crippen LogP contribution in [0.25, 0.3) is 11.0 Å². The number of amides is 3. The molecule has 2 aromatic rings. The standard InChI is InChI=1S/C15H17N5O2/c1-4-5-17-13-12(14(21)20-15(16)22)18-10-6-8(2)9(3)7-11(10)19-13/h4,6-7H,1,5H2,2-3H3,(H,17,19)(H3,16,20,21,22). The molecule has 22 heavy (non-hydrogen) atoms. The molecular weight excluding hydrogens is 282 g/mol. The van der Waals surface area contributed by atoms with Crippen molar-refractivity contribution in [2.24, 2.45) is 5.73 Å². The molecule has 1 aromatic heterocycles. The number of rotatable bonds is 4. The molecule has 1 heterocycles. The zero-order valence-corrected chi connectivity index (χ0v) is 12.4. The number of anilines is 1. The van der Waals surface area contributed by atoms with Crippen molar-refractivity contribution >= 4 is 28.8 Å². The Kier molecular flexibility index (Phi) is 4.36. The first-order valence-electron chi connectivity index (χ1n) is 6.67. The summed E-state index contributed by atoms with van der Waals surface area (Å²) in [6, 6.07) is 2.80. The van der Waals surface area contributed by atoms with E-state index in [2.05, 4.69) is 21.9 Å². The summed E-state index contributed by atoms with van der Waals surface area (Å²) >= 11 is 0. The van der Waals surface area contributed by atoms with E-state index in [1.807, 2.05) is 31.3 Å². The molecule has 7 nitrogen and oxygen atoms in total. The lowest BCUT2D eigenvalue weighted by Crippen LogP contribution is -2.36. The first-order chi connectivity index (χ1) is 10.4. The summed E-state index contributed by atoms with van der Waals surface area (Å²) in [5.74, 6) is -0.430. The highest BCUT2D eigenvalue weighted by molar-refractivity contribution is 6.06. The predicted molar refractivity (Wildman–Crippen MR) is 84.7 cm³/mol. The monoisotopic (exact) mass is 299 g/mol. The van der Waals surface area contributed by atoms with Crippen LogP contribution in [0.15, 0.2) is 24.8 Å².